The molecule has 1 aromatic carbocycles. The van der Waals surface area contributed by atoms with Gasteiger partial charge in [0, 0.05) is 11.9 Å². The standard InChI is InChI=1S/C16H17ClN2O4S2/c17-10-4-1-2-5-11(10)19-12-8-25(21,22)9-14(12)24-16(19)18-15(20)13-6-3-7-23-13/h1-2,4-5,12-14H,3,6-9H2/t12-,13+,14-/m1/s1. The van der Waals surface area contributed by atoms with Crippen molar-refractivity contribution in [3.63, 3.8) is 0 Å². The van der Waals surface area contributed by atoms with Crippen LogP contribution in [0.5, 0.6) is 0 Å². The molecule has 3 atom stereocenters. The Kier molecular flexibility index (Phi) is 4.56. The molecule has 0 aromatic heterocycles. The van der Waals surface area contributed by atoms with Gasteiger partial charge < -0.3 is 9.64 Å². The number of hydrogen-bond acceptors (Lipinski definition) is 5. The number of ether oxygens (including phenoxy) is 1. The molecule has 134 valence electrons. The van der Waals surface area contributed by atoms with Crippen LogP contribution < -0.4 is 4.90 Å². The number of anilines is 1. The maximum absolute atomic E-state index is 12.4. The Balaban J connectivity index is 1.71. The van der Waals surface area contributed by atoms with E-state index in [4.69, 9.17) is 16.3 Å². The Labute approximate surface area is 155 Å². The monoisotopic (exact) mass is 400 g/mol. The average Bonchev–Trinajstić information content (AvgIpc) is 3.23. The smallest absolute Gasteiger partial charge is 0.277 e. The number of amides is 1. The quantitative estimate of drug-likeness (QED) is 0.756. The summed E-state index contributed by atoms with van der Waals surface area (Å²) in [6.07, 6.45) is 1.03. The number of para-hydroxylation sites is 1. The number of hydrogen-bond donors (Lipinski definition) is 0. The lowest BCUT2D eigenvalue weighted by Gasteiger charge is -2.25. The van der Waals surface area contributed by atoms with Gasteiger partial charge in [0.15, 0.2) is 15.0 Å². The van der Waals surface area contributed by atoms with Crippen LogP contribution in [0.2, 0.25) is 5.02 Å². The first kappa shape index (κ1) is 17.3. The van der Waals surface area contributed by atoms with Crippen LogP contribution >= 0.6 is 23.4 Å². The van der Waals surface area contributed by atoms with Gasteiger partial charge in [-0.2, -0.15) is 4.99 Å². The highest BCUT2D eigenvalue weighted by atomic mass is 35.5. The zero-order valence-corrected chi connectivity index (χ0v) is 15.7. The van der Waals surface area contributed by atoms with E-state index in [0.29, 0.717) is 28.9 Å². The normalized spacial score (nSPS) is 32.3. The summed E-state index contributed by atoms with van der Waals surface area (Å²) >= 11 is 7.67. The lowest BCUT2D eigenvalue weighted by molar-refractivity contribution is -0.126. The zero-order chi connectivity index (χ0) is 17.6. The third-order valence-corrected chi connectivity index (χ3v) is 8.12. The number of halogens is 1. The zero-order valence-electron chi connectivity index (χ0n) is 13.3. The van der Waals surface area contributed by atoms with E-state index < -0.39 is 15.9 Å². The topological polar surface area (TPSA) is 76.0 Å². The number of carbonyl (C=O) groups excluding carboxylic acids is 1. The van der Waals surface area contributed by atoms with Crippen LogP contribution in [0, 0.1) is 0 Å². The summed E-state index contributed by atoms with van der Waals surface area (Å²) in [5.41, 5.74) is 0.681. The van der Waals surface area contributed by atoms with Gasteiger partial charge in [-0.05, 0) is 25.0 Å². The minimum absolute atomic E-state index is 0.0447. The fourth-order valence-corrected chi connectivity index (χ4v) is 7.57. The van der Waals surface area contributed by atoms with Gasteiger partial charge in [0.2, 0.25) is 0 Å². The van der Waals surface area contributed by atoms with Crippen LogP contribution in [-0.4, -0.2) is 55.0 Å². The second-order valence-electron chi connectivity index (χ2n) is 6.36. The van der Waals surface area contributed by atoms with Crippen molar-refractivity contribution in [1.29, 1.82) is 0 Å². The van der Waals surface area contributed by atoms with E-state index in [1.165, 1.54) is 11.8 Å². The van der Waals surface area contributed by atoms with Crippen molar-refractivity contribution in [3.8, 4) is 0 Å². The number of fused-ring (bicyclic) bond motifs is 1. The molecule has 0 unspecified atom stereocenters. The van der Waals surface area contributed by atoms with Gasteiger partial charge in [0.05, 0.1) is 28.3 Å². The van der Waals surface area contributed by atoms with Crippen molar-refractivity contribution in [3.05, 3.63) is 29.3 Å². The molecule has 0 saturated carbocycles. The maximum atomic E-state index is 12.4. The van der Waals surface area contributed by atoms with E-state index >= 15 is 0 Å². The van der Waals surface area contributed by atoms with Crippen molar-refractivity contribution >= 4 is 50.0 Å². The predicted octanol–water partition coefficient (Wildman–Crippen LogP) is 2.12. The van der Waals surface area contributed by atoms with E-state index in [-0.39, 0.29) is 28.7 Å². The molecule has 3 saturated heterocycles. The lowest BCUT2D eigenvalue weighted by Crippen LogP contribution is -2.38. The largest absolute Gasteiger partial charge is 0.368 e. The van der Waals surface area contributed by atoms with Crippen LogP contribution in [0.4, 0.5) is 5.69 Å². The summed E-state index contributed by atoms with van der Waals surface area (Å²) in [6.45, 7) is 0.576. The Bertz CT molecular complexity index is 836. The van der Waals surface area contributed by atoms with Crippen LogP contribution in [0.25, 0.3) is 0 Å². The van der Waals surface area contributed by atoms with Crippen LogP contribution in [0.15, 0.2) is 29.3 Å². The number of benzene rings is 1. The SMILES string of the molecule is O=C(N=C1S[C@@H]2CS(=O)(=O)C[C@H]2N1c1ccccc1Cl)[C@@H]1CCCO1. The van der Waals surface area contributed by atoms with Crippen molar-refractivity contribution in [2.75, 3.05) is 23.0 Å². The highest BCUT2D eigenvalue weighted by Crippen LogP contribution is 2.43. The summed E-state index contributed by atoms with van der Waals surface area (Å²) in [7, 11) is -3.10. The van der Waals surface area contributed by atoms with Gasteiger partial charge in [-0.3, -0.25) is 4.79 Å². The Hall–Kier alpha value is -1.09. The van der Waals surface area contributed by atoms with Gasteiger partial charge >= 0.3 is 0 Å². The van der Waals surface area contributed by atoms with E-state index in [0.717, 1.165) is 6.42 Å². The summed E-state index contributed by atoms with van der Waals surface area (Å²) in [5, 5.41) is 0.876. The van der Waals surface area contributed by atoms with Crippen molar-refractivity contribution < 1.29 is 17.9 Å². The minimum atomic E-state index is -3.10. The summed E-state index contributed by atoms with van der Waals surface area (Å²) < 4.78 is 29.5. The number of nitrogens with zero attached hydrogens (tertiary/aromatic N) is 2. The molecule has 3 heterocycles. The minimum Gasteiger partial charge on any atom is -0.368 e. The Morgan fingerprint density at radius 3 is 2.84 bits per heavy atom. The summed E-state index contributed by atoms with van der Waals surface area (Å²) in [6, 6.07) is 6.96. The highest BCUT2D eigenvalue weighted by Gasteiger charge is 2.50. The molecule has 0 spiro atoms. The van der Waals surface area contributed by atoms with Crippen LogP contribution in [-0.2, 0) is 19.4 Å². The van der Waals surface area contributed by atoms with Gasteiger partial charge in [-0.1, -0.05) is 35.5 Å². The first-order valence-corrected chi connectivity index (χ1v) is 11.2. The van der Waals surface area contributed by atoms with Crippen molar-refractivity contribution in [2.24, 2.45) is 4.99 Å². The molecule has 3 fully saturated rings. The molecule has 25 heavy (non-hydrogen) atoms. The third-order valence-electron chi connectivity index (χ3n) is 4.59. The van der Waals surface area contributed by atoms with Crippen LogP contribution in [0.1, 0.15) is 12.8 Å². The van der Waals surface area contributed by atoms with Gasteiger partial charge in [-0.15, -0.1) is 0 Å². The summed E-state index contributed by atoms with van der Waals surface area (Å²) in [4.78, 5) is 18.5. The number of amidine groups is 1. The molecule has 4 rings (SSSR count). The predicted molar refractivity (Wildman–Crippen MR) is 99.2 cm³/mol. The molecule has 1 aromatic rings. The Morgan fingerprint density at radius 1 is 1.32 bits per heavy atom. The van der Waals surface area contributed by atoms with E-state index in [1.807, 2.05) is 23.1 Å². The number of sulfone groups is 1. The second-order valence-corrected chi connectivity index (χ2v) is 10.1. The highest BCUT2D eigenvalue weighted by molar-refractivity contribution is 8.16. The van der Waals surface area contributed by atoms with Crippen LogP contribution in [0.3, 0.4) is 0 Å². The molecule has 3 aliphatic heterocycles. The molecule has 6 nitrogen and oxygen atoms in total. The first-order chi connectivity index (χ1) is 11.9. The van der Waals surface area contributed by atoms with Gasteiger partial charge in [-0.25, -0.2) is 8.42 Å². The molecule has 0 aliphatic carbocycles. The third kappa shape index (κ3) is 3.32. The molecule has 0 N–H and O–H groups in total. The number of rotatable bonds is 2. The van der Waals surface area contributed by atoms with Gasteiger partial charge in [0.1, 0.15) is 6.10 Å². The molecule has 0 radical (unpaired) electrons. The van der Waals surface area contributed by atoms with E-state index in [1.54, 1.807) is 6.07 Å². The molecular weight excluding hydrogens is 384 g/mol. The lowest BCUT2D eigenvalue weighted by atomic mass is 10.2. The van der Waals surface area contributed by atoms with E-state index in [2.05, 4.69) is 4.99 Å². The average molecular weight is 401 g/mol. The summed E-state index contributed by atoms with van der Waals surface area (Å²) in [5.74, 6) is -0.167. The molecule has 0 bridgehead atoms. The first-order valence-electron chi connectivity index (χ1n) is 8.09. The molecule has 1 amide bonds. The number of carbonyl (C=O) groups is 1. The maximum Gasteiger partial charge on any atom is 0.277 e. The Morgan fingerprint density at radius 2 is 2.12 bits per heavy atom. The van der Waals surface area contributed by atoms with E-state index in [9.17, 15) is 13.2 Å². The number of thioether (sulfide) groups is 1. The molecular formula is C16H17ClN2O4S2. The molecule has 9 heteroatoms. The fraction of sp³-hybridized carbons (Fsp3) is 0.500. The number of aliphatic imine (C=N–C) groups is 1. The fourth-order valence-electron chi connectivity index (χ4n) is 3.43. The van der Waals surface area contributed by atoms with Crippen molar-refractivity contribution in [2.45, 2.75) is 30.2 Å². The molecule has 3 aliphatic rings. The van der Waals surface area contributed by atoms with Gasteiger partial charge in [0.25, 0.3) is 5.91 Å². The second kappa shape index (κ2) is 6.57. The van der Waals surface area contributed by atoms with Crippen molar-refractivity contribution in [1.82, 2.24) is 0 Å².